The zero-order chi connectivity index (χ0) is 18.7. The van der Waals surface area contributed by atoms with Gasteiger partial charge in [-0.15, -0.1) is 0 Å². The predicted molar refractivity (Wildman–Crippen MR) is 104 cm³/mol. The van der Waals surface area contributed by atoms with Crippen LogP contribution in [0.15, 0.2) is 60.7 Å². The highest BCUT2D eigenvalue weighted by atomic mass is 16.2. The summed E-state index contributed by atoms with van der Waals surface area (Å²) in [5.41, 5.74) is 9.02. The molecule has 0 spiro atoms. The highest BCUT2D eigenvalue weighted by molar-refractivity contribution is 5.97. The van der Waals surface area contributed by atoms with Crippen molar-refractivity contribution in [2.45, 2.75) is 26.3 Å². The largest absolute Gasteiger partial charge is 0.368 e. The van der Waals surface area contributed by atoms with Crippen molar-refractivity contribution >= 4 is 22.6 Å². The molecule has 0 radical (unpaired) electrons. The molecule has 0 fully saturated rings. The van der Waals surface area contributed by atoms with E-state index in [1.807, 2.05) is 62.4 Å². The van der Waals surface area contributed by atoms with Gasteiger partial charge in [0.1, 0.15) is 6.04 Å². The minimum absolute atomic E-state index is 0.290. The number of carbonyl (C=O) groups is 2. The molecule has 1 atom stereocenters. The molecule has 0 aliphatic carbocycles. The third-order valence-electron chi connectivity index (χ3n) is 4.39. The summed E-state index contributed by atoms with van der Waals surface area (Å²) in [6.45, 7) is 3.87. The van der Waals surface area contributed by atoms with E-state index in [0.717, 1.165) is 27.5 Å². The molecule has 26 heavy (non-hydrogen) atoms. The lowest BCUT2D eigenvalue weighted by atomic mass is 10.0. The Morgan fingerprint density at radius 1 is 0.923 bits per heavy atom. The molecule has 0 aromatic heterocycles. The molecule has 2 amide bonds. The SMILES string of the molecule is Cc1cc(C)cc(C(=O)N[C@H](Cc2ccc3ccccc3c2)C(N)=O)c1. The second-order valence-corrected chi connectivity index (χ2v) is 6.69. The van der Waals surface area contributed by atoms with Gasteiger partial charge in [-0.2, -0.15) is 0 Å². The number of benzene rings is 3. The second kappa shape index (κ2) is 7.40. The lowest BCUT2D eigenvalue weighted by molar-refractivity contribution is -0.119. The molecule has 0 saturated carbocycles. The van der Waals surface area contributed by atoms with Gasteiger partial charge in [-0.3, -0.25) is 9.59 Å². The molecule has 3 aromatic rings. The molecule has 132 valence electrons. The van der Waals surface area contributed by atoms with Gasteiger partial charge in [0, 0.05) is 12.0 Å². The fourth-order valence-corrected chi connectivity index (χ4v) is 3.17. The Kier molecular flexibility index (Phi) is 5.03. The second-order valence-electron chi connectivity index (χ2n) is 6.69. The third kappa shape index (κ3) is 4.09. The van der Waals surface area contributed by atoms with E-state index in [0.29, 0.717) is 12.0 Å². The van der Waals surface area contributed by atoms with Crippen LogP contribution in [0, 0.1) is 13.8 Å². The van der Waals surface area contributed by atoms with Crippen LogP contribution in [-0.4, -0.2) is 17.9 Å². The Balaban J connectivity index is 1.80. The van der Waals surface area contributed by atoms with Crippen molar-refractivity contribution in [3.05, 3.63) is 82.9 Å². The standard InChI is InChI=1S/C22H22N2O2/c1-14-9-15(2)11-19(10-14)22(26)24-20(21(23)25)13-16-7-8-17-5-3-4-6-18(17)12-16/h3-12,20H,13H2,1-2H3,(H2,23,25)(H,24,26)/t20-/m1/s1. The van der Waals surface area contributed by atoms with E-state index in [2.05, 4.69) is 5.32 Å². The zero-order valence-corrected chi connectivity index (χ0v) is 15.0. The summed E-state index contributed by atoms with van der Waals surface area (Å²) in [6, 6.07) is 18.8. The lowest BCUT2D eigenvalue weighted by Gasteiger charge is -2.16. The summed E-state index contributed by atoms with van der Waals surface area (Å²) in [7, 11) is 0. The molecular weight excluding hydrogens is 324 g/mol. The van der Waals surface area contributed by atoms with Crippen LogP contribution < -0.4 is 11.1 Å². The van der Waals surface area contributed by atoms with Crippen LogP contribution in [0.2, 0.25) is 0 Å². The van der Waals surface area contributed by atoms with Gasteiger partial charge in [0.05, 0.1) is 0 Å². The summed E-state index contributed by atoms with van der Waals surface area (Å²) in [5.74, 6) is -0.836. The Bertz CT molecular complexity index is 959. The zero-order valence-electron chi connectivity index (χ0n) is 15.0. The molecule has 0 unspecified atom stereocenters. The minimum Gasteiger partial charge on any atom is -0.368 e. The van der Waals surface area contributed by atoms with E-state index < -0.39 is 11.9 Å². The van der Waals surface area contributed by atoms with Gasteiger partial charge in [-0.05, 0) is 42.3 Å². The van der Waals surface area contributed by atoms with Crippen LogP contribution in [-0.2, 0) is 11.2 Å². The fraction of sp³-hybridized carbons (Fsp3) is 0.182. The molecule has 0 aliphatic rings. The van der Waals surface area contributed by atoms with Crippen molar-refractivity contribution in [3.8, 4) is 0 Å². The normalized spacial score (nSPS) is 11.9. The Labute approximate surface area is 153 Å². The summed E-state index contributed by atoms with van der Waals surface area (Å²) >= 11 is 0. The first-order valence-corrected chi connectivity index (χ1v) is 8.58. The maximum atomic E-state index is 12.5. The molecule has 0 bridgehead atoms. The van der Waals surface area contributed by atoms with Crippen LogP contribution in [0.1, 0.15) is 27.0 Å². The number of nitrogens with one attached hydrogen (secondary N) is 1. The molecule has 4 heteroatoms. The van der Waals surface area contributed by atoms with Crippen LogP contribution in [0.5, 0.6) is 0 Å². The van der Waals surface area contributed by atoms with Crippen molar-refractivity contribution < 1.29 is 9.59 Å². The van der Waals surface area contributed by atoms with Gasteiger partial charge < -0.3 is 11.1 Å². The average Bonchev–Trinajstić information content (AvgIpc) is 2.60. The molecule has 4 nitrogen and oxygen atoms in total. The van der Waals surface area contributed by atoms with Crippen LogP contribution in [0.3, 0.4) is 0 Å². The van der Waals surface area contributed by atoms with Gasteiger partial charge in [-0.25, -0.2) is 0 Å². The Morgan fingerprint density at radius 3 is 2.23 bits per heavy atom. The number of primary amides is 1. The maximum absolute atomic E-state index is 12.5. The van der Waals surface area contributed by atoms with Crippen molar-refractivity contribution in [2.75, 3.05) is 0 Å². The monoisotopic (exact) mass is 346 g/mol. The first kappa shape index (κ1) is 17.7. The number of hydrogen-bond acceptors (Lipinski definition) is 2. The molecule has 3 aromatic carbocycles. The third-order valence-corrected chi connectivity index (χ3v) is 4.39. The number of carbonyl (C=O) groups excluding carboxylic acids is 2. The average molecular weight is 346 g/mol. The van der Waals surface area contributed by atoms with E-state index in [1.165, 1.54) is 0 Å². The number of nitrogens with two attached hydrogens (primary N) is 1. The first-order valence-electron chi connectivity index (χ1n) is 8.58. The van der Waals surface area contributed by atoms with Crippen LogP contribution in [0.4, 0.5) is 0 Å². The molecular formula is C22H22N2O2. The highest BCUT2D eigenvalue weighted by Gasteiger charge is 2.20. The smallest absolute Gasteiger partial charge is 0.251 e. The Morgan fingerprint density at radius 2 is 1.58 bits per heavy atom. The van der Waals surface area contributed by atoms with Crippen LogP contribution >= 0.6 is 0 Å². The topological polar surface area (TPSA) is 72.2 Å². The van der Waals surface area contributed by atoms with E-state index in [1.54, 1.807) is 12.1 Å². The Hall–Kier alpha value is -3.14. The molecule has 0 aliphatic heterocycles. The van der Waals surface area contributed by atoms with Crippen molar-refractivity contribution in [1.29, 1.82) is 0 Å². The predicted octanol–water partition coefficient (Wildman–Crippen LogP) is 3.28. The highest BCUT2D eigenvalue weighted by Crippen LogP contribution is 2.17. The van der Waals surface area contributed by atoms with Gasteiger partial charge in [-0.1, -0.05) is 59.7 Å². The molecule has 3 rings (SSSR count). The number of hydrogen-bond donors (Lipinski definition) is 2. The van der Waals surface area contributed by atoms with E-state index in [-0.39, 0.29) is 5.91 Å². The summed E-state index contributed by atoms with van der Waals surface area (Å²) < 4.78 is 0. The number of rotatable bonds is 5. The van der Waals surface area contributed by atoms with Gasteiger partial charge >= 0.3 is 0 Å². The minimum atomic E-state index is -0.760. The summed E-state index contributed by atoms with van der Waals surface area (Å²) in [4.78, 5) is 24.4. The maximum Gasteiger partial charge on any atom is 0.251 e. The number of aryl methyl sites for hydroxylation is 2. The lowest BCUT2D eigenvalue weighted by Crippen LogP contribution is -2.45. The summed E-state index contributed by atoms with van der Waals surface area (Å²) in [6.07, 6.45) is 0.358. The molecule has 0 saturated heterocycles. The van der Waals surface area contributed by atoms with Gasteiger partial charge in [0.2, 0.25) is 5.91 Å². The van der Waals surface area contributed by atoms with Crippen molar-refractivity contribution in [2.24, 2.45) is 5.73 Å². The number of amides is 2. The van der Waals surface area contributed by atoms with Crippen LogP contribution in [0.25, 0.3) is 10.8 Å². The van der Waals surface area contributed by atoms with E-state index in [9.17, 15) is 9.59 Å². The van der Waals surface area contributed by atoms with E-state index in [4.69, 9.17) is 5.73 Å². The number of fused-ring (bicyclic) bond motifs is 1. The first-order chi connectivity index (χ1) is 12.4. The quantitative estimate of drug-likeness (QED) is 0.744. The van der Waals surface area contributed by atoms with Gasteiger partial charge in [0.15, 0.2) is 0 Å². The fourth-order valence-electron chi connectivity index (χ4n) is 3.17. The molecule has 0 heterocycles. The van der Waals surface area contributed by atoms with Gasteiger partial charge in [0.25, 0.3) is 5.91 Å². The van der Waals surface area contributed by atoms with E-state index >= 15 is 0 Å². The van der Waals surface area contributed by atoms with Crippen molar-refractivity contribution in [3.63, 3.8) is 0 Å². The molecule has 3 N–H and O–H groups in total. The summed E-state index contributed by atoms with van der Waals surface area (Å²) in [5, 5.41) is 4.99. The van der Waals surface area contributed by atoms with Crippen molar-refractivity contribution in [1.82, 2.24) is 5.32 Å².